The lowest BCUT2D eigenvalue weighted by Gasteiger charge is -2.11. The number of rotatable bonds is 5. The second kappa shape index (κ2) is 6.76. The van der Waals surface area contributed by atoms with E-state index in [9.17, 15) is 8.42 Å². The summed E-state index contributed by atoms with van der Waals surface area (Å²) in [5, 5.41) is 0. The molecule has 0 aliphatic heterocycles. The second-order valence-corrected chi connectivity index (χ2v) is 8.79. The van der Waals surface area contributed by atoms with E-state index >= 15 is 0 Å². The van der Waals surface area contributed by atoms with E-state index in [0.717, 1.165) is 16.0 Å². The van der Waals surface area contributed by atoms with Crippen molar-refractivity contribution >= 4 is 48.9 Å². The van der Waals surface area contributed by atoms with Crippen LogP contribution in [0.15, 0.2) is 33.6 Å². The Bertz CT molecular complexity index is 760. The van der Waals surface area contributed by atoms with Gasteiger partial charge in [-0.25, -0.2) is 13.1 Å². The fourth-order valence-corrected chi connectivity index (χ4v) is 5.00. The Morgan fingerprint density at radius 2 is 2.10 bits per heavy atom. The molecule has 0 spiro atoms. The number of aryl methyl sites for hydroxylation is 1. The normalized spacial score (nSPS) is 11.8. The van der Waals surface area contributed by atoms with Crippen molar-refractivity contribution in [3.05, 3.63) is 49.1 Å². The van der Waals surface area contributed by atoms with Gasteiger partial charge in [0.1, 0.15) is 0 Å². The Balaban J connectivity index is 2.29. The maximum atomic E-state index is 12.4. The Morgan fingerprint density at radius 3 is 2.67 bits per heavy atom. The molecule has 0 radical (unpaired) electrons. The van der Waals surface area contributed by atoms with Gasteiger partial charge in [0.15, 0.2) is 0 Å². The first-order valence-electron chi connectivity index (χ1n) is 6.06. The Labute approximate surface area is 141 Å². The molecule has 2 rings (SSSR count). The molecule has 8 heteroatoms. The SMILES string of the molecule is Cc1cc(CN)cc(S(=O)(=O)NCc2ccc(Cl)s2)c1Br. The van der Waals surface area contributed by atoms with Crippen LogP contribution < -0.4 is 10.5 Å². The topological polar surface area (TPSA) is 72.2 Å². The lowest BCUT2D eigenvalue weighted by atomic mass is 10.1. The molecule has 0 atom stereocenters. The average molecular weight is 410 g/mol. The molecule has 3 N–H and O–H groups in total. The highest BCUT2D eigenvalue weighted by molar-refractivity contribution is 9.10. The summed E-state index contributed by atoms with van der Waals surface area (Å²) in [5.41, 5.74) is 7.21. The van der Waals surface area contributed by atoms with Gasteiger partial charge in [-0.1, -0.05) is 17.7 Å². The molecular formula is C13H14BrClN2O2S2. The number of nitrogens with two attached hydrogens (primary N) is 1. The molecule has 0 aliphatic rings. The number of thiophene rings is 1. The van der Waals surface area contributed by atoms with Crippen LogP contribution in [0.5, 0.6) is 0 Å². The molecule has 1 heterocycles. The predicted molar refractivity (Wildman–Crippen MR) is 90.1 cm³/mol. The van der Waals surface area contributed by atoms with Crippen LogP contribution in [0.25, 0.3) is 0 Å². The third-order valence-corrected chi connectivity index (χ3v) is 6.84. The first-order chi connectivity index (χ1) is 9.83. The van der Waals surface area contributed by atoms with Crippen LogP contribution in [0.4, 0.5) is 0 Å². The summed E-state index contributed by atoms with van der Waals surface area (Å²) in [7, 11) is -3.62. The van der Waals surface area contributed by atoms with Gasteiger partial charge < -0.3 is 5.73 Å². The van der Waals surface area contributed by atoms with Crippen molar-refractivity contribution in [3.63, 3.8) is 0 Å². The molecule has 21 heavy (non-hydrogen) atoms. The summed E-state index contributed by atoms with van der Waals surface area (Å²) < 4.78 is 28.6. The fourth-order valence-electron chi connectivity index (χ4n) is 1.81. The van der Waals surface area contributed by atoms with Crippen molar-refractivity contribution in [1.29, 1.82) is 0 Å². The van der Waals surface area contributed by atoms with Gasteiger partial charge in [0, 0.05) is 22.4 Å². The summed E-state index contributed by atoms with van der Waals surface area (Å²) in [4.78, 5) is 1.05. The average Bonchev–Trinajstić information content (AvgIpc) is 2.85. The van der Waals surface area contributed by atoms with E-state index in [1.165, 1.54) is 11.3 Å². The third kappa shape index (κ3) is 4.06. The first kappa shape index (κ1) is 16.9. The van der Waals surface area contributed by atoms with Crippen LogP contribution in [0.2, 0.25) is 4.34 Å². The lowest BCUT2D eigenvalue weighted by molar-refractivity contribution is 0.581. The van der Waals surface area contributed by atoms with Crippen molar-refractivity contribution < 1.29 is 8.42 Å². The molecule has 0 aliphatic carbocycles. The number of hydrogen-bond donors (Lipinski definition) is 2. The van der Waals surface area contributed by atoms with E-state index < -0.39 is 10.0 Å². The zero-order chi connectivity index (χ0) is 15.6. The molecular weight excluding hydrogens is 396 g/mol. The maximum absolute atomic E-state index is 12.4. The van der Waals surface area contributed by atoms with Crippen molar-refractivity contribution in [2.45, 2.75) is 24.9 Å². The minimum atomic E-state index is -3.62. The van der Waals surface area contributed by atoms with E-state index in [4.69, 9.17) is 17.3 Å². The molecule has 0 fully saturated rings. The highest BCUT2D eigenvalue weighted by Gasteiger charge is 2.19. The molecule has 114 valence electrons. The molecule has 0 unspecified atom stereocenters. The van der Waals surface area contributed by atoms with Crippen LogP contribution in [0, 0.1) is 6.92 Å². The zero-order valence-corrected chi connectivity index (χ0v) is 15.2. The zero-order valence-electron chi connectivity index (χ0n) is 11.2. The summed E-state index contributed by atoms with van der Waals surface area (Å²) in [6.07, 6.45) is 0. The van der Waals surface area contributed by atoms with Crippen molar-refractivity contribution in [2.24, 2.45) is 5.73 Å². The standard InChI is InChI=1S/C13H14BrClN2O2S2/c1-8-4-9(6-16)5-11(13(8)14)21(18,19)17-7-10-2-3-12(15)20-10/h2-5,17H,6-7,16H2,1H3. The number of benzene rings is 1. The molecule has 1 aromatic heterocycles. The molecule has 2 aromatic rings. The Hall–Kier alpha value is -0.440. The van der Waals surface area contributed by atoms with Gasteiger partial charge in [-0.3, -0.25) is 0 Å². The Kier molecular flexibility index (Phi) is 5.45. The highest BCUT2D eigenvalue weighted by Crippen LogP contribution is 2.28. The minimum Gasteiger partial charge on any atom is -0.326 e. The predicted octanol–water partition coefficient (Wildman–Crippen LogP) is 3.41. The second-order valence-electron chi connectivity index (χ2n) is 4.46. The summed E-state index contributed by atoms with van der Waals surface area (Å²) in [6, 6.07) is 6.99. The van der Waals surface area contributed by atoms with Crippen molar-refractivity contribution in [2.75, 3.05) is 0 Å². The van der Waals surface area contributed by atoms with Gasteiger partial charge in [-0.15, -0.1) is 11.3 Å². The van der Waals surface area contributed by atoms with E-state index in [1.54, 1.807) is 18.2 Å². The van der Waals surface area contributed by atoms with E-state index in [0.29, 0.717) is 8.81 Å². The highest BCUT2D eigenvalue weighted by atomic mass is 79.9. The molecule has 0 amide bonds. The molecule has 0 saturated heterocycles. The molecule has 4 nitrogen and oxygen atoms in total. The quantitative estimate of drug-likeness (QED) is 0.795. The van der Waals surface area contributed by atoms with Gasteiger partial charge in [0.2, 0.25) is 10.0 Å². The van der Waals surface area contributed by atoms with Gasteiger partial charge in [0.25, 0.3) is 0 Å². The monoisotopic (exact) mass is 408 g/mol. The summed E-state index contributed by atoms with van der Waals surface area (Å²) in [6.45, 7) is 2.33. The van der Waals surface area contributed by atoms with Gasteiger partial charge in [0.05, 0.1) is 9.23 Å². The minimum absolute atomic E-state index is 0.200. The van der Waals surface area contributed by atoms with Crippen molar-refractivity contribution in [1.82, 2.24) is 4.72 Å². The lowest BCUT2D eigenvalue weighted by Crippen LogP contribution is -2.23. The number of sulfonamides is 1. The van der Waals surface area contributed by atoms with Gasteiger partial charge >= 0.3 is 0 Å². The number of halogens is 2. The van der Waals surface area contributed by atoms with Crippen LogP contribution in [0.1, 0.15) is 16.0 Å². The van der Waals surface area contributed by atoms with Crippen LogP contribution >= 0.6 is 38.9 Å². The number of hydrogen-bond acceptors (Lipinski definition) is 4. The van der Waals surface area contributed by atoms with E-state index in [-0.39, 0.29) is 18.0 Å². The molecule has 0 bridgehead atoms. The third-order valence-electron chi connectivity index (χ3n) is 2.87. The maximum Gasteiger partial charge on any atom is 0.242 e. The van der Waals surface area contributed by atoms with E-state index in [1.807, 2.05) is 13.0 Å². The van der Waals surface area contributed by atoms with Crippen LogP contribution in [-0.4, -0.2) is 8.42 Å². The summed E-state index contributed by atoms with van der Waals surface area (Å²) >= 11 is 10.5. The first-order valence-corrected chi connectivity index (χ1v) is 9.53. The summed E-state index contributed by atoms with van der Waals surface area (Å²) in [5.74, 6) is 0. The number of nitrogens with one attached hydrogen (secondary N) is 1. The fraction of sp³-hybridized carbons (Fsp3) is 0.231. The smallest absolute Gasteiger partial charge is 0.242 e. The van der Waals surface area contributed by atoms with Gasteiger partial charge in [-0.2, -0.15) is 0 Å². The van der Waals surface area contributed by atoms with E-state index in [2.05, 4.69) is 20.7 Å². The largest absolute Gasteiger partial charge is 0.326 e. The molecule has 1 aromatic carbocycles. The van der Waals surface area contributed by atoms with Crippen LogP contribution in [0.3, 0.4) is 0 Å². The molecule has 0 saturated carbocycles. The van der Waals surface area contributed by atoms with Crippen molar-refractivity contribution in [3.8, 4) is 0 Å². The van der Waals surface area contributed by atoms with Gasteiger partial charge in [-0.05, 0) is 52.2 Å². The Morgan fingerprint density at radius 1 is 1.38 bits per heavy atom. The van der Waals surface area contributed by atoms with Crippen LogP contribution in [-0.2, 0) is 23.1 Å².